The molecule has 0 spiro atoms. The van der Waals surface area contributed by atoms with Crippen LogP contribution in [0.4, 0.5) is 17.3 Å². The molecule has 0 radical (unpaired) electrons. The predicted octanol–water partition coefficient (Wildman–Crippen LogP) is 1.09. The third-order valence-electron chi connectivity index (χ3n) is 1.94. The van der Waals surface area contributed by atoms with Crippen molar-refractivity contribution in [3.63, 3.8) is 0 Å². The largest absolute Gasteiger partial charge is 0.459 e. The molecule has 0 saturated carbocycles. The molecule has 2 heterocycles. The van der Waals surface area contributed by atoms with Crippen LogP contribution < -0.4 is 16.8 Å². The maximum atomic E-state index is 11.6. The van der Waals surface area contributed by atoms with E-state index in [0.29, 0.717) is 11.5 Å². The number of nitrogens with zero attached hydrogens (tertiary/aromatic N) is 1. The summed E-state index contributed by atoms with van der Waals surface area (Å²) in [4.78, 5) is 15.4. The van der Waals surface area contributed by atoms with Crippen molar-refractivity contribution in [2.75, 3.05) is 16.8 Å². The monoisotopic (exact) mass is 218 g/mol. The molecule has 2 rings (SSSR count). The molecule has 2 aromatic heterocycles. The van der Waals surface area contributed by atoms with Crippen LogP contribution in [0.1, 0.15) is 10.6 Å². The number of rotatable bonds is 2. The highest BCUT2D eigenvalue weighted by atomic mass is 16.3. The fourth-order valence-corrected chi connectivity index (χ4v) is 1.19. The minimum atomic E-state index is -0.386. The standard InChI is InChI=1S/C10H10N4O2/c11-8-4-3-6(9(12)14-8)13-10(15)7-2-1-5-16-7/h1-5H,(H,13,15)(H4,11,12,14). The van der Waals surface area contributed by atoms with Crippen LogP contribution in [0.2, 0.25) is 0 Å². The topological polar surface area (TPSA) is 107 Å². The van der Waals surface area contributed by atoms with Gasteiger partial charge in [-0.1, -0.05) is 0 Å². The number of nitrogen functional groups attached to an aromatic ring is 2. The lowest BCUT2D eigenvalue weighted by atomic mass is 10.3. The molecule has 0 atom stereocenters. The Hall–Kier alpha value is -2.50. The number of furan rings is 1. The van der Waals surface area contributed by atoms with Crippen molar-refractivity contribution in [1.82, 2.24) is 4.98 Å². The van der Waals surface area contributed by atoms with Gasteiger partial charge in [0.25, 0.3) is 5.91 Å². The second-order valence-electron chi connectivity index (χ2n) is 3.10. The first-order chi connectivity index (χ1) is 7.66. The molecule has 16 heavy (non-hydrogen) atoms. The van der Waals surface area contributed by atoms with E-state index in [9.17, 15) is 4.79 Å². The normalized spacial score (nSPS) is 10.0. The van der Waals surface area contributed by atoms with Crippen molar-refractivity contribution in [2.45, 2.75) is 0 Å². The van der Waals surface area contributed by atoms with Gasteiger partial charge in [0.1, 0.15) is 11.6 Å². The number of pyridine rings is 1. The highest BCUT2D eigenvalue weighted by Gasteiger charge is 2.10. The molecule has 6 nitrogen and oxygen atoms in total. The van der Waals surface area contributed by atoms with Crippen molar-refractivity contribution >= 4 is 23.2 Å². The van der Waals surface area contributed by atoms with Crippen molar-refractivity contribution in [1.29, 1.82) is 0 Å². The molecule has 0 aliphatic carbocycles. The Balaban J connectivity index is 2.18. The number of hydrogen-bond donors (Lipinski definition) is 3. The van der Waals surface area contributed by atoms with Gasteiger partial charge >= 0.3 is 0 Å². The summed E-state index contributed by atoms with van der Waals surface area (Å²) in [5.74, 6) is 0.285. The van der Waals surface area contributed by atoms with Crippen LogP contribution in [0, 0.1) is 0 Å². The summed E-state index contributed by atoms with van der Waals surface area (Å²) < 4.78 is 4.93. The molecule has 5 N–H and O–H groups in total. The zero-order valence-corrected chi connectivity index (χ0v) is 8.31. The quantitative estimate of drug-likeness (QED) is 0.699. The highest BCUT2D eigenvalue weighted by molar-refractivity contribution is 6.03. The first-order valence-corrected chi connectivity index (χ1v) is 4.53. The van der Waals surface area contributed by atoms with Crippen molar-refractivity contribution in [3.8, 4) is 0 Å². The third kappa shape index (κ3) is 1.95. The van der Waals surface area contributed by atoms with Gasteiger partial charge in [0.05, 0.1) is 12.0 Å². The van der Waals surface area contributed by atoms with Crippen molar-refractivity contribution in [2.24, 2.45) is 0 Å². The number of anilines is 3. The van der Waals surface area contributed by atoms with Gasteiger partial charge in [-0.25, -0.2) is 4.98 Å². The van der Waals surface area contributed by atoms with Crippen LogP contribution in [0.25, 0.3) is 0 Å². The minimum absolute atomic E-state index is 0.167. The van der Waals surface area contributed by atoms with Gasteiger partial charge in [-0.05, 0) is 24.3 Å². The number of aromatic nitrogens is 1. The zero-order chi connectivity index (χ0) is 11.5. The molecule has 0 bridgehead atoms. The van der Waals surface area contributed by atoms with E-state index in [1.165, 1.54) is 6.26 Å². The summed E-state index contributed by atoms with van der Waals surface area (Å²) in [6.07, 6.45) is 1.42. The first-order valence-electron chi connectivity index (χ1n) is 4.53. The summed E-state index contributed by atoms with van der Waals surface area (Å²) in [7, 11) is 0. The van der Waals surface area contributed by atoms with Crippen LogP contribution in [0.15, 0.2) is 34.9 Å². The average molecular weight is 218 g/mol. The average Bonchev–Trinajstić information content (AvgIpc) is 2.75. The van der Waals surface area contributed by atoms with Gasteiger partial charge in [0.2, 0.25) is 0 Å². The fourth-order valence-electron chi connectivity index (χ4n) is 1.19. The maximum Gasteiger partial charge on any atom is 0.291 e. The van der Waals surface area contributed by atoms with Gasteiger partial charge in [0, 0.05) is 0 Å². The molecule has 0 aromatic carbocycles. The minimum Gasteiger partial charge on any atom is -0.459 e. The Morgan fingerprint density at radius 3 is 2.75 bits per heavy atom. The van der Waals surface area contributed by atoms with Gasteiger partial charge < -0.3 is 21.2 Å². The second-order valence-corrected chi connectivity index (χ2v) is 3.10. The summed E-state index contributed by atoms with van der Waals surface area (Å²) in [6, 6.07) is 6.31. The Labute approximate surface area is 91.3 Å². The molecule has 6 heteroatoms. The first kappa shape index (κ1) is 10.0. The second kappa shape index (κ2) is 3.93. The van der Waals surface area contributed by atoms with Crippen LogP contribution in [-0.2, 0) is 0 Å². The van der Waals surface area contributed by atoms with E-state index < -0.39 is 0 Å². The number of carbonyl (C=O) groups excluding carboxylic acids is 1. The predicted molar refractivity (Wildman–Crippen MR) is 59.7 cm³/mol. The lowest BCUT2D eigenvalue weighted by Crippen LogP contribution is -2.13. The van der Waals surface area contributed by atoms with Crippen LogP contribution >= 0.6 is 0 Å². The highest BCUT2D eigenvalue weighted by Crippen LogP contribution is 2.17. The molecular formula is C10H10N4O2. The number of nitrogens with one attached hydrogen (secondary N) is 1. The molecule has 0 aliphatic rings. The summed E-state index contributed by atoms with van der Waals surface area (Å²) >= 11 is 0. The summed E-state index contributed by atoms with van der Waals surface area (Å²) in [5, 5.41) is 2.56. The maximum absolute atomic E-state index is 11.6. The van der Waals surface area contributed by atoms with Gasteiger partial charge in [-0.3, -0.25) is 4.79 Å². The van der Waals surface area contributed by atoms with Gasteiger partial charge in [-0.2, -0.15) is 0 Å². The Bertz CT molecular complexity index is 508. The number of carbonyl (C=O) groups is 1. The van der Waals surface area contributed by atoms with E-state index in [4.69, 9.17) is 15.9 Å². The molecule has 1 amide bonds. The summed E-state index contributed by atoms with van der Waals surface area (Å²) in [6.45, 7) is 0. The van der Waals surface area contributed by atoms with Crippen LogP contribution in [0.3, 0.4) is 0 Å². The number of amides is 1. The summed E-state index contributed by atoms with van der Waals surface area (Å²) in [5.41, 5.74) is 11.4. The number of hydrogen-bond acceptors (Lipinski definition) is 5. The van der Waals surface area contributed by atoms with Gasteiger partial charge in [0.15, 0.2) is 5.76 Å². The van der Waals surface area contributed by atoms with E-state index in [2.05, 4.69) is 10.3 Å². The van der Waals surface area contributed by atoms with Crippen molar-refractivity contribution < 1.29 is 9.21 Å². The van der Waals surface area contributed by atoms with E-state index in [1.807, 2.05) is 0 Å². The van der Waals surface area contributed by atoms with E-state index in [-0.39, 0.29) is 17.5 Å². The SMILES string of the molecule is Nc1ccc(NC(=O)c2ccco2)c(N)n1. The molecule has 0 unspecified atom stereocenters. The third-order valence-corrected chi connectivity index (χ3v) is 1.94. The zero-order valence-electron chi connectivity index (χ0n) is 8.31. The van der Waals surface area contributed by atoms with E-state index in [1.54, 1.807) is 24.3 Å². The van der Waals surface area contributed by atoms with Gasteiger partial charge in [-0.15, -0.1) is 0 Å². The molecule has 2 aromatic rings. The lowest BCUT2D eigenvalue weighted by Gasteiger charge is -2.06. The molecule has 0 aliphatic heterocycles. The van der Waals surface area contributed by atoms with E-state index >= 15 is 0 Å². The van der Waals surface area contributed by atoms with Crippen LogP contribution in [-0.4, -0.2) is 10.9 Å². The molecular weight excluding hydrogens is 208 g/mol. The lowest BCUT2D eigenvalue weighted by molar-refractivity contribution is 0.0996. The Morgan fingerprint density at radius 2 is 2.12 bits per heavy atom. The Morgan fingerprint density at radius 1 is 1.31 bits per heavy atom. The molecule has 0 saturated heterocycles. The fraction of sp³-hybridized carbons (Fsp3) is 0. The molecule has 0 fully saturated rings. The Kier molecular flexibility index (Phi) is 2.47. The smallest absolute Gasteiger partial charge is 0.291 e. The number of nitrogens with two attached hydrogens (primary N) is 2. The van der Waals surface area contributed by atoms with E-state index in [0.717, 1.165) is 0 Å². The van der Waals surface area contributed by atoms with Crippen molar-refractivity contribution in [3.05, 3.63) is 36.3 Å². The van der Waals surface area contributed by atoms with Crippen LogP contribution in [0.5, 0.6) is 0 Å². The molecule has 82 valence electrons.